The molecule has 2 atom stereocenters. The number of rotatable bonds is 12. The van der Waals surface area contributed by atoms with Gasteiger partial charge in [0.15, 0.2) is 0 Å². The molecule has 2 rings (SSSR count). The van der Waals surface area contributed by atoms with Crippen LogP contribution in [0.3, 0.4) is 0 Å². The number of unbranched alkanes of at least 4 members (excludes halogenated alkanes) is 2. The van der Waals surface area contributed by atoms with Crippen molar-refractivity contribution in [2.75, 3.05) is 0 Å². The van der Waals surface area contributed by atoms with Gasteiger partial charge in [0.1, 0.15) is 0 Å². The molecule has 0 saturated heterocycles. The molecule has 29 heavy (non-hydrogen) atoms. The van der Waals surface area contributed by atoms with Crippen LogP contribution in [0.4, 0.5) is 0 Å². The molecule has 0 radical (unpaired) electrons. The summed E-state index contributed by atoms with van der Waals surface area (Å²) in [5.41, 5.74) is 0. The van der Waals surface area contributed by atoms with E-state index in [9.17, 15) is 15.7 Å². The van der Waals surface area contributed by atoms with Crippen molar-refractivity contribution in [2.45, 2.75) is 48.4 Å². The Balaban J connectivity index is 2.43. The second-order valence-electron chi connectivity index (χ2n) is 7.01. The van der Waals surface area contributed by atoms with E-state index in [0.717, 1.165) is 25.7 Å². The van der Waals surface area contributed by atoms with Gasteiger partial charge in [0.25, 0.3) is 0 Å². The predicted octanol–water partition coefficient (Wildman–Crippen LogP) is 2.60. The van der Waals surface area contributed by atoms with Crippen molar-refractivity contribution < 1.29 is 19.8 Å². The minimum atomic E-state index is -4.92. The third kappa shape index (κ3) is 7.46. The van der Waals surface area contributed by atoms with Crippen molar-refractivity contribution in [3.63, 3.8) is 0 Å². The fraction of sp³-hybridized carbons (Fsp3) is 0.400. The second-order valence-corrected chi connectivity index (χ2v) is 27.8. The summed E-state index contributed by atoms with van der Waals surface area (Å²) in [6, 6.07) is 16.5. The Hall–Kier alpha value is -0.204. The molecular formula is C20H30As2O6Sn. The molecule has 9 heteroatoms. The van der Waals surface area contributed by atoms with Crippen molar-refractivity contribution in [1.29, 1.82) is 0 Å². The first-order valence-electron chi connectivity index (χ1n) is 9.93. The summed E-state index contributed by atoms with van der Waals surface area (Å²) >= 11 is -14.2. The van der Waals surface area contributed by atoms with E-state index in [0.29, 0.717) is 8.87 Å². The summed E-state index contributed by atoms with van der Waals surface area (Å²) in [5, 5.41) is 0. The Kier molecular flexibility index (Phi) is 9.87. The van der Waals surface area contributed by atoms with Crippen LogP contribution in [0.1, 0.15) is 39.5 Å². The van der Waals surface area contributed by atoms with E-state index < -0.39 is 47.6 Å². The van der Waals surface area contributed by atoms with E-state index in [1.165, 1.54) is 0 Å². The minimum absolute atomic E-state index is 0.239. The molecule has 2 unspecified atom stereocenters. The molecule has 0 heterocycles. The first-order chi connectivity index (χ1) is 13.7. The predicted molar refractivity (Wildman–Crippen MR) is 117 cm³/mol. The Morgan fingerprint density at radius 1 is 0.724 bits per heavy atom. The van der Waals surface area contributed by atoms with Gasteiger partial charge in [-0.25, -0.2) is 0 Å². The van der Waals surface area contributed by atoms with Crippen molar-refractivity contribution in [1.82, 2.24) is 0 Å². The zero-order valence-electron chi connectivity index (χ0n) is 16.9. The van der Waals surface area contributed by atoms with Crippen LogP contribution in [0.25, 0.3) is 0 Å². The summed E-state index contributed by atoms with van der Waals surface area (Å²) in [6.45, 7) is 4.02. The van der Waals surface area contributed by atoms with Crippen molar-refractivity contribution in [3.05, 3.63) is 60.7 Å². The van der Waals surface area contributed by atoms with E-state index in [1.54, 1.807) is 60.7 Å². The van der Waals surface area contributed by atoms with E-state index in [1.807, 2.05) is 13.8 Å². The first-order valence-corrected chi connectivity index (χ1v) is 22.9. The fourth-order valence-electron chi connectivity index (χ4n) is 3.01. The van der Waals surface area contributed by atoms with Crippen LogP contribution >= 0.6 is 0 Å². The summed E-state index contributed by atoms with van der Waals surface area (Å²) in [6.07, 6.45) is 3.16. The van der Waals surface area contributed by atoms with Crippen LogP contribution in [-0.4, -0.2) is 55.7 Å². The van der Waals surface area contributed by atoms with Gasteiger partial charge < -0.3 is 0 Å². The van der Waals surface area contributed by atoms with E-state index in [4.69, 9.17) is 4.13 Å². The Bertz CT molecular complexity index is 775. The van der Waals surface area contributed by atoms with Crippen LogP contribution in [0, 0.1) is 0 Å². The number of benzene rings is 2. The summed E-state index contributed by atoms with van der Waals surface area (Å²) in [4.78, 5) is 0. The van der Waals surface area contributed by atoms with Crippen LogP contribution in [0.5, 0.6) is 0 Å². The van der Waals surface area contributed by atoms with E-state index in [2.05, 4.69) is 0 Å². The Labute approximate surface area is 184 Å². The van der Waals surface area contributed by atoms with Gasteiger partial charge in [0, 0.05) is 0 Å². The van der Waals surface area contributed by atoms with Gasteiger partial charge >= 0.3 is 185 Å². The molecule has 2 aromatic carbocycles. The van der Waals surface area contributed by atoms with Gasteiger partial charge in [-0.3, -0.25) is 0 Å². The molecule has 0 spiro atoms. The Morgan fingerprint density at radius 3 is 1.38 bits per heavy atom. The molecule has 0 aliphatic rings. The quantitative estimate of drug-likeness (QED) is 0.349. The summed E-state index contributed by atoms with van der Waals surface area (Å²) in [5.74, 6) is 0. The molecule has 160 valence electrons. The molecule has 0 bridgehead atoms. The van der Waals surface area contributed by atoms with E-state index >= 15 is 0 Å². The molecule has 0 aliphatic carbocycles. The maximum absolute atomic E-state index is 13.2. The van der Waals surface area contributed by atoms with Gasteiger partial charge in [-0.15, -0.1) is 0 Å². The van der Waals surface area contributed by atoms with Crippen molar-refractivity contribution in [2.24, 2.45) is 0 Å². The standard InChI is InChI=1S/2C6H7AsO3.2C4H9.Sn/c2*8-7(9,10)6-4-2-1-3-5-6;2*1-3-4-2;/h2*1-5H,(H2,8,9,10);2*1,3-4H2,2H3;/q;;;;+2/p-2. The molecule has 0 aromatic heterocycles. The maximum atomic E-state index is 13.2. The summed E-state index contributed by atoms with van der Waals surface area (Å²) in [7, 11) is 0. The van der Waals surface area contributed by atoms with Crippen molar-refractivity contribution >= 4 is 56.3 Å². The van der Waals surface area contributed by atoms with Gasteiger partial charge in [0.05, 0.1) is 0 Å². The average molecular weight is 635 g/mol. The normalized spacial score (nSPS) is 16.1. The zero-order chi connectivity index (χ0) is 21.4. The number of hydrogen-bond acceptors (Lipinski definition) is 4. The van der Waals surface area contributed by atoms with Crippen LogP contribution in [-0.2, 0) is 11.6 Å². The zero-order valence-corrected chi connectivity index (χ0v) is 23.5. The molecule has 0 fully saturated rings. The molecule has 0 saturated carbocycles. The van der Waals surface area contributed by atoms with Gasteiger partial charge in [-0.1, -0.05) is 0 Å². The molecule has 0 amide bonds. The SMILES string of the molecule is CCC[CH2][Sn]([CH2]CCC)([O][As](=O)(O)c1ccccc1)[O][As](=O)(O)c1ccccc1. The molecule has 2 aromatic rings. The van der Waals surface area contributed by atoms with Crippen LogP contribution in [0.15, 0.2) is 60.7 Å². The van der Waals surface area contributed by atoms with Gasteiger partial charge in [0.2, 0.25) is 0 Å². The third-order valence-electron chi connectivity index (χ3n) is 4.57. The average Bonchev–Trinajstić information content (AvgIpc) is 2.71. The monoisotopic (exact) mass is 636 g/mol. The summed E-state index contributed by atoms with van der Waals surface area (Å²) < 4.78 is 61.4. The van der Waals surface area contributed by atoms with Gasteiger partial charge in [-0.2, -0.15) is 0 Å². The molecule has 0 aliphatic heterocycles. The van der Waals surface area contributed by atoms with E-state index in [-0.39, 0.29) is 8.70 Å². The van der Waals surface area contributed by atoms with Crippen LogP contribution in [0.2, 0.25) is 8.87 Å². The topological polar surface area (TPSA) is 93.1 Å². The second kappa shape index (κ2) is 11.4. The molecular weight excluding hydrogens is 605 g/mol. The number of hydrogen-bond donors (Lipinski definition) is 2. The molecule has 2 N–H and O–H groups in total. The first kappa shape index (κ1) is 25.1. The fourth-order valence-corrected chi connectivity index (χ4v) is 39.1. The molecule has 6 nitrogen and oxygen atoms in total. The van der Waals surface area contributed by atoms with Crippen molar-refractivity contribution in [3.8, 4) is 0 Å². The third-order valence-corrected chi connectivity index (χ3v) is 34.6. The Morgan fingerprint density at radius 2 is 1.07 bits per heavy atom. The van der Waals surface area contributed by atoms with Crippen LogP contribution < -0.4 is 8.70 Å². The van der Waals surface area contributed by atoms with Gasteiger partial charge in [-0.05, 0) is 0 Å².